The van der Waals surface area contributed by atoms with Crippen LogP contribution in [-0.2, 0) is 0 Å². The standard InChI is InChI=1S/C18H32N2/c1-3-12-19(13-4-1)18(20-14-5-2-6-15-20)11-10-16-8-7-9-17(16)18/h16-17H,1-15H2. The summed E-state index contributed by atoms with van der Waals surface area (Å²) in [7, 11) is 0. The van der Waals surface area contributed by atoms with E-state index >= 15 is 0 Å². The Kier molecular flexibility index (Phi) is 3.80. The molecule has 0 N–H and O–H groups in total. The second-order valence-electron chi connectivity index (χ2n) is 7.81. The SMILES string of the molecule is C1CCN(C2(N3CCCCC3)CCC3CCCC32)CC1. The van der Waals surface area contributed by atoms with E-state index in [4.69, 9.17) is 0 Å². The summed E-state index contributed by atoms with van der Waals surface area (Å²) in [6.45, 7) is 5.55. The van der Waals surface area contributed by atoms with Crippen molar-refractivity contribution in [1.82, 2.24) is 9.80 Å². The van der Waals surface area contributed by atoms with Gasteiger partial charge in [0.05, 0.1) is 5.66 Å². The predicted octanol–water partition coefficient (Wildman–Crippen LogP) is 3.86. The molecule has 20 heavy (non-hydrogen) atoms. The molecule has 2 aliphatic carbocycles. The molecule has 0 aromatic rings. The van der Waals surface area contributed by atoms with Crippen LogP contribution in [0.5, 0.6) is 0 Å². The maximum Gasteiger partial charge on any atom is 0.0769 e. The Hall–Kier alpha value is -0.0800. The zero-order valence-corrected chi connectivity index (χ0v) is 13.2. The van der Waals surface area contributed by atoms with Crippen molar-refractivity contribution in [3.05, 3.63) is 0 Å². The second kappa shape index (κ2) is 5.61. The van der Waals surface area contributed by atoms with Crippen molar-refractivity contribution >= 4 is 0 Å². The molecule has 0 amide bonds. The summed E-state index contributed by atoms with van der Waals surface area (Å²) in [5.74, 6) is 2.08. The molecule has 4 fully saturated rings. The number of likely N-dealkylation sites (tertiary alicyclic amines) is 2. The van der Waals surface area contributed by atoms with Crippen LogP contribution in [0.3, 0.4) is 0 Å². The highest BCUT2D eigenvalue weighted by Gasteiger charge is 2.56. The second-order valence-corrected chi connectivity index (χ2v) is 7.81. The number of nitrogens with zero attached hydrogens (tertiary/aromatic N) is 2. The van der Waals surface area contributed by atoms with Crippen molar-refractivity contribution in [3.8, 4) is 0 Å². The number of piperidine rings is 2. The lowest BCUT2D eigenvalue weighted by Gasteiger charge is -2.55. The van der Waals surface area contributed by atoms with E-state index in [1.54, 1.807) is 0 Å². The molecule has 4 aliphatic rings. The van der Waals surface area contributed by atoms with Gasteiger partial charge in [-0.2, -0.15) is 0 Å². The highest BCUT2D eigenvalue weighted by atomic mass is 15.4. The van der Waals surface area contributed by atoms with Crippen LogP contribution >= 0.6 is 0 Å². The molecule has 0 spiro atoms. The normalized spacial score (nSPS) is 39.0. The van der Waals surface area contributed by atoms with Gasteiger partial charge in [-0.25, -0.2) is 0 Å². The summed E-state index contributed by atoms with van der Waals surface area (Å²) in [6, 6.07) is 0. The van der Waals surface area contributed by atoms with Gasteiger partial charge in [-0.3, -0.25) is 9.80 Å². The maximum atomic E-state index is 2.97. The Balaban J connectivity index is 1.64. The van der Waals surface area contributed by atoms with Gasteiger partial charge in [-0.1, -0.05) is 25.7 Å². The van der Waals surface area contributed by atoms with Gasteiger partial charge in [0, 0.05) is 0 Å². The van der Waals surface area contributed by atoms with E-state index in [0.717, 1.165) is 11.8 Å². The molecule has 0 radical (unpaired) electrons. The van der Waals surface area contributed by atoms with Crippen LogP contribution < -0.4 is 0 Å². The van der Waals surface area contributed by atoms with E-state index in [9.17, 15) is 0 Å². The van der Waals surface area contributed by atoms with Gasteiger partial charge in [0.2, 0.25) is 0 Å². The lowest BCUT2D eigenvalue weighted by atomic mass is 9.86. The van der Waals surface area contributed by atoms with Crippen LogP contribution in [0.15, 0.2) is 0 Å². The van der Waals surface area contributed by atoms with Crippen molar-refractivity contribution in [2.45, 2.75) is 76.3 Å². The fourth-order valence-electron chi connectivity index (χ4n) is 6.12. The molecule has 2 heteroatoms. The summed E-state index contributed by atoms with van der Waals surface area (Å²) in [5, 5.41) is 0. The largest absolute Gasteiger partial charge is 0.285 e. The van der Waals surface area contributed by atoms with Crippen molar-refractivity contribution < 1.29 is 0 Å². The Morgan fingerprint density at radius 2 is 1.20 bits per heavy atom. The van der Waals surface area contributed by atoms with E-state index in [2.05, 4.69) is 9.80 Å². The molecule has 2 aliphatic heterocycles. The van der Waals surface area contributed by atoms with Gasteiger partial charge < -0.3 is 0 Å². The molecule has 2 nitrogen and oxygen atoms in total. The van der Waals surface area contributed by atoms with E-state index in [0.29, 0.717) is 5.66 Å². The Morgan fingerprint density at radius 3 is 1.80 bits per heavy atom. The van der Waals surface area contributed by atoms with Crippen molar-refractivity contribution in [1.29, 1.82) is 0 Å². The highest BCUT2D eigenvalue weighted by Crippen LogP contribution is 2.54. The molecule has 0 aromatic heterocycles. The highest BCUT2D eigenvalue weighted by molar-refractivity contribution is 5.06. The smallest absolute Gasteiger partial charge is 0.0769 e. The molecule has 2 heterocycles. The molecular weight excluding hydrogens is 244 g/mol. The topological polar surface area (TPSA) is 6.48 Å². The van der Waals surface area contributed by atoms with E-state index < -0.39 is 0 Å². The third-order valence-electron chi connectivity index (χ3n) is 6.94. The van der Waals surface area contributed by atoms with Crippen molar-refractivity contribution in [2.75, 3.05) is 26.2 Å². The first-order chi connectivity index (χ1) is 9.91. The van der Waals surface area contributed by atoms with Crippen LogP contribution in [0.25, 0.3) is 0 Å². The monoisotopic (exact) mass is 276 g/mol. The van der Waals surface area contributed by atoms with E-state index in [1.807, 2.05) is 0 Å². The Morgan fingerprint density at radius 1 is 0.600 bits per heavy atom. The summed E-state index contributed by atoms with van der Waals surface area (Å²) in [5.41, 5.74) is 0.502. The van der Waals surface area contributed by atoms with Gasteiger partial charge in [0.15, 0.2) is 0 Å². The quantitative estimate of drug-likeness (QED) is 0.755. The van der Waals surface area contributed by atoms with E-state index in [-0.39, 0.29) is 0 Å². The van der Waals surface area contributed by atoms with Crippen LogP contribution in [0.1, 0.15) is 70.6 Å². The Bertz CT molecular complexity index is 310. The van der Waals surface area contributed by atoms with Crippen LogP contribution in [0.2, 0.25) is 0 Å². The van der Waals surface area contributed by atoms with Gasteiger partial charge in [-0.05, 0) is 83.0 Å². The number of rotatable bonds is 2. The van der Waals surface area contributed by atoms with Crippen LogP contribution in [-0.4, -0.2) is 41.6 Å². The molecule has 2 saturated carbocycles. The van der Waals surface area contributed by atoms with Gasteiger partial charge in [0.25, 0.3) is 0 Å². The summed E-state index contributed by atoms with van der Waals surface area (Å²) in [4.78, 5) is 5.94. The summed E-state index contributed by atoms with van der Waals surface area (Å²) in [6.07, 6.45) is 16.3. The van der Waals surface area contributed by atoms with Gasteiger partial charge in [0.1, 0.15) is 0 Å². The molecular formula is C18H32N2. The zero-order chi connectivity index (χ0) is 13.4. The van der Waals surface area contributed by atoms with Crippen LogP contribution in [0.4, 0.5) is 0 Å². The summed E-state index contributed by atoms with van der Waals surface area (Å²) >= 11 is 0. The molecule has 4 rings (SSSR count). The van der Waals surface area contributed by atoms with Crippen LogP contribution in [0, 0.1) is 11.8 Å². The van der Waals surface area contributed by atoms with Crippen molar-refractivity contribution in [2.24, 2.45) is 11.8 Å². The third-order valence-corrected chi connectivity index (χ3v) is 6.94. The van der Waals surface area contributed by atoms with Crippen molar-refractivity contribution in [3.63, 3.8) is 0 Å². The third kappa shape index (κ3) is 2.06. The minimum atomic E-state index is 0.502. The minimum absolute atomic E-state index is 0.502. The lowest BCUT2D eigenvalue weighted by Crippen LogP contribution is -2.65. The lowest BCUT2D eigenvalue weighted by molar-refractivity contribution is -0.105. The average Bonchev–Trinajstić information content (AvgIpc) is 3.11. The molecule has 0 aromatic carbocycles. The first kappa shape index (κ1) is 13.6. The van der Waals surface area contributed by atoms with E-state index in [1.165, 1.54) is 96.8 Å². The first-order valence-electron chi connectivity index (χ1n) is 9.41. The first-order valence-corrected chi connectivity index (χ1v) is 9.41. The summed E-state index contributed by atoms with van der Waals surface area (Å²) < 4.78 is 0. The number of fused-ring (bicyclic) bond motifs is 1. The molecule has 2 atom stereocenters. The predicted molar refractivity (Wildman–Crippen MR) is 83.6 cm³/mol. The van der Waals surface area contributed by atoms with Gasteiger partial charge in [-0.15, -0.1) is 0 Å². The Labute approximate surface area is 124 Å². The number of hydrogen-bond donors (Lipinski definition) is 0. The van der Waals surface area contributed by atoms with Gasteiger partial charge >= 0.3 is 0 Å². The fraction of sp³-hybridized carbons (Fsp3) is 1.00. The zero-order valence-electron chi connectivity index (χ0n) is 13.2. The molecule has 0 bridgehead atoms. The maximum absolute atomic E-state index is 2.97. The minimum Gasteiger partial charge on any atom is -0.285 e. The molecule has 2 saturated heterocycles. The average molecular weight is 276 g/mol. The molecule has 114 valence electrons. The fourth-order valence-corrected chi connectivity index (χ4v) is 6.12. The molecule has 2 unspecified atom stereocenters. The number of hydrogen-bond acceptors (Lipinski definition) is 2.